The Bertz CT molecular complexity index is 429. The van der Waals surface area contributed by atoms with Crippen molar-refractivity contribution >= 4 is 11.8 Å². The summed E-state index contributed by atoms with van der Waals surface area (Å²) in [6, 6.07) is 0. The molecule has 1 aliphatic rings. The van der Waals surface area contributed by atoms with Crippen molar-refractivity contribution in [2.24, 2.45) is 0 Å². The summed E-state index contributed by atoms with van der Waals surface area (Å²) in [6.45, 7) is 9.28. The van der Waals surface area contributed by atoms with E-state index in [2.05, 4.69) is 0 Å². The van der Waals surface area contributed by atoms with Crippen LogP contribution >= 0.6 is 0 Å². The van der Waals surface area contributed by atoms with Crippen LogP contribution in [0.1, 0.15) is 34.6 Å². The average molecular weight is 268 g/mol. The molecule has 0 spiro atoms. The lowest BCUT2D eigenvalue weighted by Crippen LogP contribution is -2.30. The first-order valence-corrected chi connectivity index (χ1v) is 6.37. The maximum absolute atomic E-state index is 11.9. The van der Waals surface area contributed by atoms with Crippen molar-refractivity contribution in [3.63, 3.8) is 0 Å². The second-order valence-electron chi connectivity index (χ2n) is 4.63. The van der Waals surface area contributed by atoms with Crippen LogP contribution in [0.15, 0.2) is 23.2 Å². The molecule has 0 fully saturated rings. The molecule has 0 atom stereocenters. The highest BCUT2D eigenvalue weighted by Gasteiger charge is 2.39. The molecule has 0 saturated heterocycles. The van der Waals surface area contributed by atoms with Crippen LogP contribution in [-0.2, 0) is 23.8 Å². The predicted molar refractivity (Wildman–Crippen MR) is 69.2 cm³/mol. The van der Waals surface area contributed by atoms with Crippen molar-refractivity contribution in [3.8, 4) is 0 Å². The van der Waals surface area contributed by atoms with Crippen molar-refractivity contribution in [1.82, 2.24) is 0 Å². The highest BCUT2D eigenvalue weighted by molar-refractivity contribution is 6.19. The van der Waals surface area contributed by atoms with E-state index in [1.807, 2.05) is 27.7 Å². The lowest BCUT2D eigenvalue weighted by atomic mass is 9.94. The largest absolute Gasteiger partial charge is 0.486 e. The maximum Gasteiger partial charge on any atom is 0.331 e. The third kappa shape index (κ3) is 3.84. The molecule has 1 aliphatic carbocycles. The van der Waals surface area contributed by atoms with Crippen molar-refractivity contribution in [3.05, 3.63) is 23.2 Å². The Morgan fingerprint density at radius 1 is 1.11 bits per heavy atom. The molecule has 106 valence electrons. The van der Waals surface area contributed by atoms with Gasteiger partial charge in [-0.3, -0.25) is 4.79 Å². The van der Waals surface area contributed by atoms with E-state index in [1.165, 1.54) is 0 Å². The minimum atomic E-state index is -0.556. The van der Waals surface area contributed by atoms with Gasteiger partial charge in [0.2, 0.25) is 11.5 Å². The zero-order valence-corrected chi connectivity index (χ0v) is 12.0. The van der Waals surface area contributed by atoms with E-state index in [-0.39, 0.29) is 35.9 Å². The summed E-state index contributed by atoms with van der Waals surface area (Å²) in [5.74, 6) is -0.363. The molecule has 0 aromatic carbocycles. The topological polar surface area (TPSA) is 61.8 Å². The minimum absolute atomic E-state index is 0.112. The molecule has 0 heterocycles. The normalized spacial score (nSPS) is 17.0. The first kappa shape index (κ1) is 15.3. The van der Waals surface area contributed by atoms with Crippen molar-refractivity contribution in [2.45, 2.75) is 46.8 Å². The fourth-order valence-corrected chi connectivity index (χ4v) is 1.52. The highest BCUT2D eigenvalue weighted by Crippen LogP contribution is 2.33. The molecule has 0 aromatic rings. The summed E-state index contributed by atoms with van der Waals surface area (Å²) in [7, 11) is 0. The molecular formula is C14H20O5. The number of hydrogen-bond acceptors (Lipinski definition) is 5. The van der Waals surface area contributed by atoms with Crippen LogP contribution in [-0.4, -0.2) is 30.6 Å². The molecule has 5 heteroatoms. The Morgan fingerprint density at radius 3 is 2.11 bits per heavy atom. The number of carbonyl (C=O) groups is 2. The van der Waals surface area contributed by atoms with Crippen LogP contribution in [0.2, 0.25) is 0 Å². The van der Waals surface area contributed by atoms with Gasteiger partial charge in [-0.1, -0.05) is 0 Å². The van der Waals surface area contributed by atoms with Gasteiger partial charge in [-0.2, -0.15) is 0 Å². The van der Waals surface area contributed by atoms with E-state index in [0.29, 0.717) is 5.76 Å². The van der Waals surface area contributed by atoms with E-state index in [4.69, 9.17) is 14.2 Å². The van der Waals surface area contributed by atoms with E-state index < -0.39 is 5.97 Å². The Morgan fingerprint density at radius 2 is 1.63 bits per heavy atom. The molecule has 0 saturated carbocycles. The van der Waals surface area contributed by atoms with Gasteiger partial charge in [-0.25, -0.2) is 4.79 Å². The van der Waals surface area contributed by atoms with Gasteiger partial charge >= 0.3 is 5.97 Å². The standard InChI is InChI=1S/C14H20O5/c1-6-17-11(15)7-10-12(16)14(19-9(4)5)13(10)18-8(2)3/h7-9H,6H2,1-5H3/b10-7+. The van der Waals surface area contributed by atoms with Gasteiger partial charge in [-0.15, -0.1) is 0 Å². The van der Waals surface area contributed by atoms with Crippen molar-refractivity contribution in [2.75, 3.05) is 6.61 Å². The maximum atomic E-state index is 11.9. The summed E-state index contributed by atoms with van der Waals surface area (Å²) in [6.07, 6.45) is 0.907. The smallest absolute Gasteiger partial charge is 0.331 e. The molecule has 0 N–H and O–H groups in total. The third-order valence-corrected chi connectivity index (χ3v) is 2.16. The van der Waals surface area contributed by atoms with E-state index >= 15 is 0 Å². The van der Waals surface area contributed by atoms with Crippen LogP contribution in [0.4, 0.5) is 0 Å². The lowest BCUT2D eigenvalue weighted by Gasteiger charge is -2.27. The van der Waals surface area contributed by atoms with Crippen molar-refractivity contribution in [1.29, 1.82) is 0 Å². The SMILES string of the molecule is CCOC(=O)/C=C1\C(=O)C(OC(C)C)=C1OC(C)C. The molecule has 0 unspecified atom stereocenters. The quantitative estimate of drug-likeness (QED) is 0.545. The summed E-state index contributed by atoms with van der Waals surface area (Å²) in [5, 5.41) is 0. The van der Waals surface area contributed by atoms with Crippen LogP contribution in [0.25, 0.3) is 0 Å². The van der Waals surface area contributed by atoms with Gasteiger partial charge in [0, 0.05) is 6.08 Å². The molecule has 5 nitrogen and oxygen atoms in total. The van der Waals surface area contributed by atoms with Gasteiger partial charge in [0.1, 0.15) is 0 Å². The van der Waals surface area contributed by atoms with Gasteiger partial charge in [0.25, 0.3) is 0 Å². The zero-order chi connectivity index (χ0) is 14.6. The molecule has 1 rings (SSSR count). The Kier molecular flexibility index (Phi) is 5.15. The van der Waals surface area contributed by atoms with Crippen LogP contribution in [0.5, 0.6) is 0 Å². The number of allylic oxidation sites excluding steroid dienone is 2. The molecule has 19 heavy (non-hydrogen) atoms. The van der Waals surface area contributed by atoms with Crippen molar-refractivity contribution < 1.29 is 23.8 Å². The molecule has 0 amide bonds. The number of esters is 1. The number of hydrogen-bond donors (Lipinski definition) is 0. The minimum Gasteiger partial charge on any atom is -0.486 e. The zero-order valence-electron chi connectivity index (χ0n) is 12.0. The molecule has 0 aromatic heterocycles. The number of ketones is 1. The Balaban J connectivity index is 2.97. The third-order valence-electron chi connectivity index (χ3n) is 2.16. The first-order chi connectivity index (χ1) is 8.86. The Hall–Kier alpha value is -1.78. The monoisotopic (exact) mass is 268 g/mol. The fourth-order valence-electron chi connectivity index (χ4n) is 1.52. The van der Waals surface area contributed by atoms with E-state index in [1.54, 1.807) is 6.92 Å². The number of rotatable bonds is 6. The fraction of sp³-hybridized carbons (Fsp3) is 0.571. The highest BCUT2D eigenvalue weighted by atomic mass is 16.5. The second kappa shape index (κ2) is 6.41. The van der Waals surface area contributed by atoms with Crippen LogP contribution in [0, 0.1) is 0 Å². The number of carbonyl (C=O) groups excluding carboxylic acids is 2. The second-order valence-corrected chi connectivity index (χ2v) is 4.63. The molecular weight excluding hydrogens is 248 g/mol. The first-order valence-electron chi connectivity index (χ1n) is 6.37. The van der Waals surface area contributed by atoms with Gasteiger partial charge in [0.05, 0.1) is 24.4 Å². The predicted octanol–water partition coefficient (Wildman–Crippen LogP) is 2.12. The van der Waals surface area contributed by atoms with Gasteiger partial charge < -0.3 is 14.2 Å². The summed E-state index contributed by atoms with van der Waals surface area (Å²) in [4.78, 5) is 23.3. The molecule has 0 aliphatic heterocycles. The number of Topliss-reactive ketones (excluding diaryl/α,β-unsaturated/α-hetero) is 1. The summed E-state index contributed by atoms with van der Waals surface area (Å²) < 4.78 is 15.7. The van der Waals surface area contributed by atoms with Gasteiger partial charge in [0.15, 0.2) is 5.76 Å². The summed E-state index contributed by atoms with van der Waals surface area (Å²) in [5.41, 5.74) is 0.211. The van der Waals surface area contributed by atoms with Gasteiger partial charge in [-0.05, 0) is 34.6 Å². The molecule has 0 bridgehead atoms. The summed E-state index contributed by atoms with van der Waals surface area (Å²) >= 11 is 0. The average Bonchev–Trinajstić information content (AvgIpc) is 2.31. The van der Waals surface area contributed by atoms with Crippen LogP contribution < -0.4 is 0 Å². The Labute approximate surface area is 113 Å². The molecule has 0 radical (unpaired) electrons. The lowest BCUT2D eigenvalue weighted by molar-refractivity contribution is -0.137. The van der Waals surface area contributed by atoms with E-state index in [0.717, 1.165) is 6.08 Å². The van der Waals surface area contributed by atoms with E-state index in [9.17, 15) is 9.59 Å². The number of ether oxygens (including phenoxy) is 3. The van der Waals surface area contributed by atoms with Crippen LogP contribution in [0.3, 0.4) is 0 Å².